The number of aliphatic hydroxyl groups is 1. The highest BCUT2D eigenvalue weighted by atomic mass is 35.5. The molecule has 0 fully saturated rings. The van der Waals surface area contributed by atoms with Crippen LogP contribution in [0.25, 0.3) is 0 Å². The number of halogens is 2. The van der Waals surface area contributed by atoms with Gasteiger partial charge in [-0.05, 0) is 31.4 Å². The lowest BCUT2D eigenvalue weighted by molar-refractivity contribution is 0.0437. The number of nitrogens with one attached hydrogen (secondary N) is 1. The Balaban J connectivity index is 2.98. The zero-order valence-corrected chi connectivity index (χ0v) is 14.5. The average Bonchev–Trinajstić information content (AvgIpc) is 2.23. The summed E-state index contributed by atoms with van der Waals surface area (Å²) in [6.07, 6.45) is 0.457. The van der Waals surface area contributed by atoms with Crippen molar-refractivity contribution >= 4 is 38.9 Å². The third-order valence-corrected chi connectivity index (χ3v) is 5.10. The van der Waals surface area contributed by atoms with Gasteiger partial charge in [0.25, 0.3) is 0 Å². The van der Waals surface area contributed by atoms with Crippen molar-refractivity contribution in [3.63, 3.8) is 0 Å². The fraction of sp³-hybridized carbons (Fsp3) is 0.538. The van der Waals surface area contributed by atoms with Crippen LogP contribution in [-0.2, 0) is 10.0 Å². The SMILES string of the molecule is CC(C)CC(C)(O)CNS(=O)(=O)c1c(Cl)cc(N)cc1Cl. The van der Waals surface area contributed by atoms with Crippen LogP contribution in [0.3, 0.4) is 0 Å². The van der Waals surface area contributed by atoms with Crippen LogP contribution in [-0.4, -0.2) is 25.7 Å². The van der Waals surface area contributed by atoms with Crippen LogP contribution in [0.1, 0.15) is 27.2 Å². The van der Waals surface area contributed by atoms with Crippen molar-refractivity contribution in [2.75, 3.05) is 12.3 Å². The highest BCUT2D eigenvalue weighted by Crippen LogP contribution is 2.31. The highest BCUT2D eigenvalue weighted by Gasteiger charge is 2.27. The summed E-state index contributed by atoms with van der Waals surface area (Å²) in [5.41, 5.74) is 4.66. The van der Waals surface area contributed by atoms with Gasteiger partial charge in [0.05, 0.1) is 15.6 Å². The second kappa shape index (κ2) is 6.71. The van der Waals surface area contributed by atoms with E-state index in [0.29, 0.717) is 6.42 Å². The number of benzene rings is 1. The van der Waals surface area contributed by atoms with Crippen molar-refractivity contribution < 1.29 is 13.5 Å². The quantitative estimate of drug-likeness (QED) is 0.684. The minimum absolute atomic E-state index is 0.0593. The lowest BCUT2D eigenvalue weighted by atomic mass is 9.95. The number of hydrogen-bond donors (Lipinski definition) is 3. The molecule has 0 spiro atoms. The van der Waals surface area contributed by atoms with Gasteiger partial charge in [-0.1, -0.05) is 37.0 Å². The molecule has 0 heterocycles. The first-order valence-corrected chi connectivity index (χ1v) is 8.65. The normalized spacial score (nSPS) is 15.2. The van der Waals surface area contributed by atoms with Crippen molar-refractivity contribution in [2.45, 2.75) is 37.7 Å². The molecule has 0 aliphatic heterocycles. The smallest absolute Gasteiger partial charge is 0.243 e. The van der Waals surface area contributed by atoms with Gasteiger partial charge in [-0.2, -0.15) is 0 Å². The van der Waals surface area contributed by atoms with Crippen molar-refractivity contribution in [2.24, 2.45) is 5.92 Å². The molecule has 1 unspecified atom stereocenters. The zero-order chi connectivity index (χ0) is 16.4. The van der Waals surface area contributed by atoms with Gasteiger partial charge in [-0.15, -0.1) is 0 Å². The fourth-order valence-corrected chi connectivity index (χ4v) is 4.50. The van der Waals surface area contributed by atoms with E-state index in [9.17, 15) is 13.5 Å². The first kappa shape index (κ1) is 18.5. The van der Waals surface area contributed by atoms with E-state index in [1.165, 1.54) is 12.1 Å². The minimum atomic E-state index is -3.94. The fourth-order valence-electron chi connectivity index (χ4n) is 2.11. The van der Waals surface area contributed by atoms with E-state index in [4.69, 9.17) is 28.9 Å². The molecule has 1 rings (SSSR count). The van der Waals surface area contributed by atoms with Crippen molar-refractivity contribution in [3.8, 4) is 0 Å². The van der Waals surface area contributed by atoms with E-state index in [2.05, 4.69) is 4.72 Å². The van der Waals surface area contributed by atoms with E-state index >= 15 is 0 Å². The number of nitrogens with two attached hydrogens (primary N) is 1. The Kier molecular flexibility index (Phi) is 5.91. The molecule has 0 aliphatic carbocycles. The Morgan fingerprint density at radius 3 is 2.24 bits per heavy atom. The maximum absolute atomic E-state index is 12.3. The molecule has 0 amide bonds. The summed E-state index contributed by atoms with van der Waals surface area (Å²) in [6, 6.07) is 2.63. The van der Waals surface area contributed by atoms with Crippen LogP contribution in [0.2, 0.25) is 10.0 Å². The summed E-state index contributed by atoms with van der Waals surface area (Å²) in [5, 5.41) is 10.0. The van der Waals surface area contributed by atoms with Crippen LogP contribution < -0.4 is 10.5 Å². The largest absolute Gasteiger partial charge is 0.399 e. The Morgan fingerprint density at radius 1 is 1.33 bits per heavy atom. The molecule has 1 aromatic rings. The standard InChI is InChI=1S/C13H20Cl2N2O3S/c1-8(2)6-13(3,18)7-17-21(19,20)12-10(14)4-9(16)5-11(12)15/h4-5,8,17-18H,6-7,16H2,1-3H3. The summed E-state index contributed by atoms with van der Waals surface area (Å²) in [7, 11) is -3.94. The molecule has 8 heteroatoms. The maximum atomic E-state index is 12.3. The third kappa shape index (κ3) is 5.30. The molecule has 4 N–H and O–H groups in total. The molecule has 21 heavy (non-hydrogen) atoms. The number of rotatable bonds is 6. The molecule has 0 aromatic heterocycles. The first-order chi connectivity index (χ1) is 9.44. The zero-order valence-electron chi connectivity index (χ0n) is 12.2. The van der Waals surface area contributed by atoms with Gasteiger partial charge in [0.2, 0.25) is 10.0 Å². The molecule has 0 saturated heterocycles. The summed E-state index contributed by atoms with van der Waals surface area (Å²) >= 11 is 11.8. The molecule has 1 atom stereocenters. The van der Waals surface area contributed by atoms with Crippen LogP contribution >= 0.6 is 23.2 Å². The Hall–Kier alpha value is -0.530. The van der Waals surface area contributed by atoms with Gasteiger partial charge in [0.1, 0.15) is 4.90 Å². The van der Waals surface area contributed by atoms with Crippen molar-refractivity contribution in [1.82, 2.24) is 4.72 Å². The monoisotopic (exact) mass is 354 g/mol. The molecule has 0 bridgehead atoms. The second-order valence-electron chi connectivity index (χ2n) is 5.73. The molecular formula is C13H20Cl2N2O3S. The van der Waals surface area contributed by atoms with E-state index in [1.807, 2.05) is 13.8 Å². The van der Waals surface area contributed by atoms with Gasteiger partial charge in [-0.3, -0.25) is 0 Å². The van der Waals surface area contributed by atoms with Crippen LogP contribution in [0.5, 0.6) is 0 Å². The first-order valence-electron chi connectivity index (χ1n) is 6.41. The Labute approximate surface area is 135 Å². The van der Waals surface area contributed by atoms with E-state index in [1.54, 1.807) is 6.92 Å². The lowest BCUT2D eigenvalue weighted by Crippen LogP contribution is -2.41. The molecule has 0 saturated carbocycles. The molecule has 120 valence electrons. The Bertz CT molecular complexity index is 593. The Morgan fingerprint density at radius 2 is 1.81 bits per heavy atom. The minimum Gasteiger partial charge on any atom is -0.399 e. The maximum Gasteiger partial charge on any atom is 0.243 e. The molecular weight excluding hydrogens is 335 g/mol. The van der Waals surface area contributed by atoms with E-state index < -0.39 is 15.6 Å². The molecule has 0 aliphatic rings. The summed E-state index contributed by atoms with van der Waals surface area (Å²) in [6.45, 7) is 5.32. The third-order valence-electron chi connectivity index (χ3n) is 2.78. The van der Waals surface area contributed by atoms with Gasteiger partial charge in [0, 0.05) is 12.2 Å². The average molecular weight is 355 g/mol. The predicted molar refractivity (Wildman–Crippen MR) is 86.1 cm³/mol. The lowest BCUT2D eigenvalue weighted by Gasteiger charge is -2.25. The highest BCUT2D eigenvalue weighted by molar-refractivity contribution is 7.89. The number of anilines is 1. The number of sulfonamides is 1. The molecule has 5 nitrogen and oxygen atoms in total. The van der Waals surface area contributed by atoms with Crippen LogP contribution in [0, 0.1) is 5.92 Å². The summed E-state index contributed by atoms with van der Waals surface area (Å²) < 4.78 is 26.9. The van der Waals surface area contributed by atoms with Crippen molar-refractivity contribution in [3.05, 3.63) is 22.2 Å². The summed E-state index contributed by atoms with van der Waals surface area (Å²) in [4.78, 5) is -0.236. The van der Waals surface area contributed by atoms with Gasteiger partial charge in [-0.25, -0.2) is 13.1 Å². The van der Waals surface area contributed by atoms with Crippen molar-refractivity contribution in [1.29, 1.82) is 0 Å². The second-order valence-corrected chi connectivity index (χ2v) is 8.25. The number of hydrogen-bond acceptors (Lipinski definition) is 4. The van der Waals surface area contributed by atoms with Gasteiger partial charge < -0.3 is 10.8 Å². The van der Waals surface area contributed by atoms with Crippen LogP contribution in [0.15, 0.2) is 17.0 Å². The summed E-state index contributed by atoms with van der Waals surface area (Å²) in [5.74, 6) is 0.230. The van der Waals surface area contributed by atoms with Crippen LogP contribution in [0.4, 0.5) is 5.69 Å². The van der Waals surface area contributed by atoms with Gasteiger partial charge >= 0.3 is 0 Å². The molecule has 1 aromatic carbocycles. The number of nitrogen functional groups attached to an aromatic ring is 1. The van der Waals surface area contributed by atoms with E-state index in [0.717, 1.165) is 0 Å². The van der Waals surface area contributed by atoms with E-state index in [-0.39, 0.29) is 33.1 Å². The molecule has 0 radical (unpaired) electrons. The predicted octanol–water partition coefficient (Wildman–Crippen LogP) is 2.65. The topological polar surface area (TPSA) is 92.4 Å². The van der Waals surface area contributed by atoms with Gasteiger partial charge in [0.15, 0.2) is 0 Å².